The minimum atomic E-state index is -3.49. The minimum absolute atomic E-state index is 0.188. The highest BCUT2D eigenvalue weighted by atomic mass is 35.5. The number of amides is 1. The third-order valence-electron chi connectivity index (χ3n) is 6.04. The van der Waals surface area contributed by atoms with Crippen LogP contribution in [0.2, 0.25) is 10.0 Å². The average Bonchev–Trinajstić information content (AvgIpc) is 2.84. The smallest absolute Gasteiger partial charge is 0.251 e. The Balaban J connectivity index is 1.32. The van der Waals surface area contributed by atoms with Gasteiger partial charge in [-0.15, -0.1) is 0 Å². The van der Waals surface area contributed by atoms with Gasteiger partial charge in [-0.3, -0.25) is 9.69 Å². The molecule has 0 saturated carbocycles. The van der Waals surface area contributed by atoms with E-state index in [1.807, 2.05) is 37.3 Å². The van der Waals surface area contributed by atoms with E-state index in [1.54, 1.807) is 40.7 Å². The monoisotopic (exact) mass is 531 g/mol. The molecule has 0 spiro atoms. The SMILES string of the molecule is Cc1ccc(S(=O)(=O)N2CCN(Cc3cccc(C(=O)NCc4ccc(Cl)cc4Cl)c3)CC2)cc1. The van der Waals surface area contributed by atoms with E-state index >= 15 is 0 Å². The number of nitrogens with one attached hydrogen (secondary N) is 1. The Morgan fingerprint density at radius 2 is 1.66 bits per heavy atom. The molecule has 3 aromatic rings. The fraction of sp³-hybridized carbons (Fsp3) is 0.269. The van der Waals surface area contributed by atoms with Crippen LogP contribution >= 0.6 is 23.2 Å². The molecule has 0 unspecified atom stereocenters. The number of sulfonamides is 1. The molecule has 0 aliphatic carbocycles. The zero-order valence-electron chi connectivity index (χ0n) is 19.4. The number of halogens is 2. The zero-order valence-corrected chi connectivity index (χ0v) is 21.7. The summed E-state index contributed by atoms with van der Waals surface area (Å²) in [6, 6.07) is 19.6. The van der Waals surface area contributed by atoms with Gasteiger partial charge < -0.3 is 5.32 Å². The lowest BCUT2D eigenvalue weighted by molar-refractivity contribution is 0.0950. The molecule has 1 heterocycles. The molecule has 0 atom stereocenters. The molecule has 0 radical (unpaired) electrons. The fourth-order valence-corrected chi connectivity index (χ4v) is 5.90. The molecular formula is C26H27Cl2N3O3S. The van der Waals surface area contributed by atoms with Crippen LogP contribution < -0.4 is 5.32 Å². The van der Waals surface area contributed by atoms with Crippen LogP contribution in [-0.2, 0) is 23.1 Å². The van der Waals surface area contributed by atoms with Gasteiger partial charge in [0.2, 0.25) is 10.0 Å². The van der Waals surface area contributed by atoms with Crippen molar-refractivity contribution in [1.29, 1.82) is 0 Å². The van der Waals surface area contributed by atoms with E-state index in [1.165, 1.54) is 0 Å². The first-order valence-electron chi connectivity index (χ1n) is 11.3. The summed E-state index contributed by atoms with van der Waals surface area (Å²) < 4.78 is 27.4. The highest BCUT2D eigenvalue weighted by Gasteiger charge is 2.28. The van der Waals surface area contributed by atoms with E-state index in [4.69, 9.17) is 23.2 Å². The van der Waals surface area contributed by atoms with Crippen molar-refractivity contribution in [3.05, 3.63) is 99.0 Å². The maximum Gasteiger partial charge on any atom is 0.251 e. The summed E-state index contributed by atoms with van der Waals surface area (Å²) in [4.78, 5) is 15.2. The van der Waals surface area contributed by atoms with E-state index in [9.17, 15) is 13.2 Å². The molecule has 184 valence electrons. The Bertz CT molecular complexity index is 1310. The Hall–Kier alpha value is -2.42. The highest BCUT2D eigenvalue weighted by Crippen LogP contribution is 2.21. The quantitative estimate of drug-likeness (QED) is 0.478. The van der Waals surface area contributed by atoms with Crippen molar-refractivity contribution < 1.29 is 13.2 Å². The second-order valence-electron chi connectivity index (χ2n) is 8.61. The lowest BCUT2D eigenvalue weighted by atomic mass is 10.1. The van der Waals surface area contributed by atoms with Gasteiger partial charge in [0.25, 0.3) is 5.91 Å². The average molecular weight is 532 g/mol. The van der Waals surface area contributed by atoms with E-state index in [2.05, 4.69) is 10.2 Å². The Kier molecular flexibility index (Phi) is 8.14. The highest BCUT2D eigenvalue weighted by molar-refractivity contribution is 7.89. The van der Waals surface area contributed by atoms with Gasteiger partial charge in [-0.2, -0.15) is 4.31 Å². The summed E-state index contributed by atoms with van der Waals surface area (Å²) >= 11 is 12.1. The lowest BCUT2D eigenvalue weighted by Gasteiger charge is -2.34. The summed E-state index contributed by atoms with van der Waals surface area (Å²) in [6.07, 6.45) is 0. The standard InChI is InChI=1S/C26H27Cl2N3O3S/c1-19-5-9-24(10-6-19)35(33,34)31-13-11-30(12-14-31)18-20-3-2-4-21(15-20)26(32)29-17-22-7-8-23(27)16-25(22)28/h2-10,15-16H,11-14,17-18H2,1H3,(H,29,32). The molecule has 6 nitrogen and oxygen atoms in total. The van der Waals surface area contributed by atoms with Gasteiger partial charge >= 0.3 is 0 Å². The van der Waals surface area contributed by atoms with E-state index in [0.29, 0.717) is 59.8 Å². The summed E-state index contributed by atoms with van der Waals surface area (Å²) in [7, 11) is -3.49. The molecule has 1 aliphatic rings. The van der Waals surface area contributed by atoms with Gasteiger partial charge in [-0.05, 0) is 54.4 Å². The Morgan fingerprint density at radius 3 is 2.34 bits per heavy atom. The van der Waals surface area contributed by atoms with Gasteiger partial charge in [0.05, 0.1) is 4.90 Å². The number of benzene rings is 3. The molecule has 0 aromatic heterocycles. The third kappa shape index (κ3) is 6.42. The van der Waals surface area contributed by atoms with Gasteiger partial charge in [0.15, 0.2) is 0 Å². The molecule has 9 heteroatoms. The number of hydrogen-bond donors (Lipinski definition) is 1. The molecule has 0 bridgehead atoms. The normalized spacial score (nSPS) is 15.2. The summed E-state index contributed by atoms with van der Waals surface area (Å²) in [6.45, 7) is 4.98. The van der Waals surface area contributed by atoms with Crippen molar-refractivity contribution in [2.75, 3.05) is 26.2 Å². The van der Waals surface area contributed by atoms with Crippen LogP contribution in [0.3, 0.4) is 0 Å². The molecular weight excluding hydrogens is 505 g/mol. The van der Waals surface area contributed by atoms with Crippen LogP contribution in [0.25, 0.3) is 0 Å². The summed E-state index contributed by atoms with van der Waals surface area (Å²) in [5.74, 6) is -0.188. The van der Waals surface area contributed by atoms with Crippen molar-refractivity contribution in [3.8, 4) is 0 Å². The van der Waals surface area contributed by atoms with E-state index in [-0.39, 0.29) is 5.91 Å². The van der Waals surface area contributed by atoms with Crippen LogP contribution in [0.4, 0.5) is 0 Å². The Labute approximate surface area is 216 Å². The van der Waals surface area contributed by atoms with Crippen LogP contribution in [0.1, 0.15) is 27.0 Å². The number of rotatable bonds is 7. The predicted molar refractivity (Wildman–Crippen MR) is 139 cm³/mol. The van der Waals surface area contributed by atoms with E-state index in [0.717, 1.165) is 16.7 Å². The number of aryl methyl sites for hydroxylation is 1. The van der Waals surface area contributed by atoms with Gasteiger partial charge in [0.1, 0.15) is 0 Å². The van der Waals surface area contributed by atoms with Crippen LogP contribution in [0.15, 0.2) is 71.6 Å². The van der Waals surface area contributed by atoms with Crippen molar-refractivity contribution in [2.24, 2.45) is 0 Å². The van der Waals surface area contributed by atoms with Crippen molar-refractivity contribution >= 4 is 39.1 Å². The van der Waals surface area contributed by atoms with Gasteiger partial charge in [-0.25, -0.2) is 8.42 Å². The number of hydrogen-bond acceptors (Lipinski definition) is 4. The van der Waals surface area contributed by atoms with Crippen LogP contribution in [0.5, 0.6) is 0 Å². The summed E-state index contributed by atoms with van der Waals surface area (Å²) in [5.41, 5.74) is 3.38. The molecule has 4 rings (SSSR count). The molecule has 35 heavy (non-hydrogen) atoms. The van der Waals surface area contributed by atoms with Crippen LogP contribution in [-0.4, -0.2) is 49.7 Å². The van der Waals surface area contributed by atoms with Crippen molar-refractivity contribution in [2.45, 2.75) is 24.9 Å². The lowest BCUT2D eigenvalue weighted by Crippen LogP contribution is -2.48. The topological polar surface area (TPSA) is 69.7 Å². The second kappa shape index (κ2) is 11.1. The molecule has 1 aliphatic heterocycles. The van der Waals surface area contributed by atoms with Crippen molar-refractivity contribution in [1.82, 2.24) is 14.5 Å². The van der Waals surface area contributed by atoms with E-state index < -0.39 is 10.0 Å². The maximum atomic E-state index is 12.9. The first kappa shape index (κ1) is 25.7. The predicted octanol–water partition coefficient (Wildman–Crippen LogP) is 4.74. The Morgan fingerprint density at radius 1 is 0.943 bits per heavy atom. The number of carbonyl (C=O) groups is 1. The minimum Gasteiger partial charge on any atom is -0.348 e. The van der Waals surface area contributed by atoms with Crippen molar-refractivity contribution in [3.63, 3.8) is 0 Å². The maximum absolute atomic E-state index is 12.9. The van der Waals surface area contributed by atoms with Crippen LogP contribution in [0, 0.1) is 6.92 Å². The first-order valence-corrected chi connectivity index (χ1v) is 13.5. The molecule has 1 fully saturated rings. The number of carbonyl (C=O) groups excluding carboxylic acids is 1. The number of nitrogens with zero attached hydrogens (tertiary/aromatic N) is 2. The summed E-state index contributed by atoms with van der Waals surface area (Å²) in [5, 5.41) is 3.95. The molecule has 1 N–H and O–H groups in total. The second-order valence-corrected chi connectivity index (χ2v) is 11.4. The molecule has 3 aromatic carbocycles. The number of piperazine rings is 1. The first-order chi connectivity index (χ1) is 16.7. The fourth-order valence-electron chi connectivity index (χ4n) is 4.00. The largest absolute Gasteiger partial charge is 0.348 e. The van der Waals surface area contributed by atoms with Gasteiger partial charge in [0, 0.05) is 54.9 Å². The molecule has 1 saturated heterocycles. The molecule has 1 amide bonds. The third-order valence-corrected chi connectivity index (χ3v) is 8.54. The van der Waals surface area contributed by atoms with Gasteiger partial charge in [-0.1, -0.05) is 59.1 Å². The zero-order chi connectivity index (χ0) is 25.0.